The van der Waals surface area contributed by atoms with E-state index >= 15 is 0 Å². The van der Waals surface area contributed by atoms with Crippen LogP contribution in [0, 0.1) is 6.92 Å². The second kappa shape index (κ2) is 10.3. The molecule has 1 aromatic heterocycles. The fourth-order valence-electron chi connectivity index (χ4n) is 3.26. The Hall–Kier alpha value is -2.73. The molecule has 6 heteroatoms. The molecule has 0 spiro atoms. The van der Waals surface area contributed by atoms with E-state index in [9.17, 15) is 9.90 Å². The van der Waals surface area contributed by atoms with Crippen LogP contribution in [-0.4, -0.2) is 36.3 Å². The van der Waals surface area contributed by atoms with Crippen molar-refractivity contribution in [1.29, 1.82) is 0 Å². The fourth-order valence-corrected chi connectivity index (χ4v) is 3.37. The van der Waals surface area contributed by atoms with Gasteiger partial charge in [0.1, 0.15) is 5.15 Å². The van der Waals surface area contributed by atoms with Crippen molar-refractivity contribution in [3.05, 3.63) is 88.2 Å². The van der Waals surface area contributed by atoms with Crippen LogP contribution in [0.5, 0.6) is 0 Å². The maximum absolute atomic E-state index is 11.7. The van der Waals surface area contributed by atoms with E-state index < -0.39 is 6.10 Å². The van der Waals surface area contributed by atoms with Gasteiger partial charge in [-0.05, 0) is 60.3 Å². The second-order valence-electron chi connectivity index (χ2n) is 7.10. The minimum Gasteiger partial charge on any atom is -0.465 e. The molecule has 0 saturated carbocycles. The lowest BCUT2D eigenvalue weighted by Gasteiger charge is -2.12. The summed E-state index contributed by atoms with van der Waals surface area (Å²) in [6, 6.07) is 17.4. The summed E-state index contributed by atoms with van der Waals surface area (Å²) < 4.78 is 4.77. The fraction of sp³-hybridized carbons (Fsp3) is 0.250. The normalized spacial score (nSPS) is 11.9. The first-order chi connectivity index (χ1) is 14.5. The number of nitrogens with one attached hydrogen (secondary N) is 1. The number of hydrogen-bond acceptors (Lipinski definition) is 5. The van der Waals surface area contributed by atoms with Crippen molar-refractivity contribution in [2.45, 2.75) is 19.4 Å². The number of carbonyl (C=O) groups excluding carboxylic acids is 1. The SMILES string of the molecule is COC(=O)c1ccc(-c2ccc(CCNC[C@H](O)c3ccc(Cl)nc3)cc2)c(C)c1. The van der Waals surface area contributed by atoms with Crippen LogP contribution in [0.3, 0.4) is 0 Å². The molecule has 0 unspecified atom stereocenters. The van der Waals surface area contributed by atoms with Crippen LogP contribution >= 0.6 is 11.6 Å². The van der Waals surface area contributed by atoms with E-state index in [1.54, 1.807) is 24.4 Å². The summed E-state index contributed by atoms with van der Waals surface area (Å²) in [5.41, 5.74) is 5.72. The molecule has 3 rings (SSSR count). The lowest BCUT2D eigenvalue weighted by atomic mass is 9.97. The van der Waals surface area contributed by atoms with Gasteiger partial charge in [0.2, 0.25) is 0 Å². The average Bonchev–Trinajstić information content (AvgIpc) is 2.77. The van der Waals surface area contributed by atoms with Gasteiger partial charge in [0, 0.05) is 18.3 Å². The number of carbonyl (C=O) groups is 1. The summed E-state index contributed by atoms with van der Waals surface area (Å²) in [6.45, 7) is 3.19. The van der Waals surface area contributed by atoms with E-state index in [2.05, 4.69) is 34.6 Å². The van der Waals surface area contributed by atoms with E-state index in [1.807, 2.05) is 19.1 Å². The van der Waals surface area contributed by atoms with Crippen LogP contribution in [0.1, 0.15) is 33.2 Å². The zero-order valence-electron chi connectivity index (χ0n) is 17.1. The van der Waals surface area contributed by atoms with Gasteiger partial charge < -0.3 is 15.2 Å². The summed E-state index contributed by atoms with van der Waals surface area (Å²) in [4.78, 5) is 15.7. The van der Waals surface area contributed by atoms with Gasteiger partial charge in [0.15, 0.2) is 0 Å². The summed E-state index contributed by atoms with van der Waals surface area (Å²) in [6.07, 6.45) is 1.83. The molecule has 0 saturated heterocycles. The number of hydrogen-bond donors (Lipinski definition) is 2. The predicted octanol–water partition coefficient (Wildman–Crippen LogP) is 4.36. The Morgan fingerprint density at radius 2 is 1.93 bits per heavy atom. The number of benzene rings is 2. The molecule has 1 atom stereocenters. The molecule has 0 aliphatic rings. The van der Waals surface area contributed by atoms with E-state index in [4.69, 9.17) is 16.3 Å². The monoisotopic (exact) mass is 424 g/mol. The van der Waals surface area contributed by atoms with Gasteiger partial charge >= 0.3 is 5.97 Å². The van der Waals surface area contributed by atoms with E-state index in [0.29, 0.717) is 17.3 Å². The Labute approximate surface area is 181 Å². The highest BCUT2D eigenvalue weighted by molar-refractivity contribution is 6.29. The quantitative estimate of drug-likeness (QED) is 0.319. The Balaban J connectivity index is 1.52. The summed E-state index contributed by atoms with van der Waals surface area (Å²) in [7, 11) is 1.38. The number of aromatic nitrogens is 1. The molecule has 3 aromatic rings. The van der Waals surface area contributed by atoms with Gasteiger partial charge in [-0.15, -0.1) is 0 Å². The van der Waals surface area contributed by atoms with Crippen molar-refractivity contribution < 1.29 is 14.6 Å². The first kappa shape index (κ1) is 22.0. The maximum Gasteiger partial charge on any atom is 0.337 e. The lowest BCUT2D eigenvalue weighted by Crippen LogP contribution is -2.23. The van der Waals surface area contributed by atoms with Crippen molar-refractivity contribution in [3.63, 3.8) is 0 Å². The lowest BCUT2D eigenvalue weighted by molar-refractivity contribution is 0.0600. The van der Waals surface area contributed by atoms with E-state index in [-0.39, 0.29) is 5.97 Å². The Morgan fingerprint density at radius 1 is 1.17 bits per heavy atom. The van der Waals surface area contributed by atoms with Crippen molar-refractivity contribution in [2.24, 2.45) is 0 Å². The molecule has 156 valence electrons. The zero-order valence-corrected chi connectivity index (χ0v) is 17.8. The predicted molar refractivity (Wildman–Crippen MR) is 119 cm³/mol. The number of methoxy groups -OCH3 is 1. The largest absolute Gasteiger partial charge is 0.465 e. The molecule has 0 radical (unpaired) electrons. The molecular weight excluding hydrogens is 400 g/mol. The molecule has 0 amide bonds. The Morgan fingerprint density at radius 3 is 2.57 bits per heavy atom. The first-order valence-corrected chi connectivity index (χ1v) is 10.1. The summed E-state index contributed by atoms with van der Waals surface area (Å²) in [5, 5.41) is 13.9. The highest BCUT2D eigenvalue weighted by Gasteiger charge is 2.09. The summed E-state index contributed by atoms with van der Waals surface area (Å²) in [5.74, 6) is -0.329. The third-order valence-electron chi connectivity index (χ3n) is 4.98. The Bertz CT molecular complexity index is 988. The third-order valence-corrected chi connectivity index (χ3v) is 5.20. The molecule has 0 bridgehead atoms. The van der Waals surface area contributed by atoms with Gasteiger partial charge in [-0.25, -0.2) is 9.78 Å². The van der Waals surface area contributed by atoms with Crippen LogP contribution in [0.4, 0.5) is 0 Å². The van der Waals surface area contributed by atoms with Crippen molar-refractivity contribution in [2.75, 3.05) is 20.2 Å². The third kappa shape index (κ3) is 5.66. The van der Waals surface area contributed by atoms with Crippen molar-refractivity contribution in [1.82, 2.24) is 10.3 Å². The average molecular weight is 425 g/mol. The number of aliphatic hydroxyl groups excluding tert-OH is 1. The molecule has 2 N–H and O–H groups in total. The second-order valence-corrected chi connectivity index (χ2v) is 7.49. The van der Waals surface area contributed by atoms with Gasteiger partial charge in [-0.2, -0.15) is 0 Å². The molecule has 30 heavy (non-hydrogen) atoms. The van der Waals surface area contributed by atoms with Crippen LogP contribution in [-0.2, 0) is 11.2 Å². The number of nitrogens with zero attached hydrogens (tertiary/aromatic N) is 1. The van der Waals surface area contributed by atoms with E-state index in [1.165, 1.54) is 12.7 Å². The highest BCUT2D eigenvalue weighted by Crippen LogP contribution is 2.25. The van der Waals surface area contributed by atoms with Crippen molar-refractivity contribution >= 4 is 17.6 Å². The minimum atomic E-state index is -0.618. The number of rotatable bonds is 8. The molecule has 0 aliphatic heterocycles. The van der Waals surface area contributed by atoms with Crippen LogP contribution in [0.15, 0.2) is 60.8 Å². The first-order valence-electron chi connectivity index (χ1n) is 9.76. The standard InChI is InChI=1S/C24H25ClN2O3/c1-16-13-19(24(29)30-2)7-9-21(16)18-5-3-17(4-6-18)11-12-26-15-22(28)20-8-10-23(25)27-14-20/h3-10,13-14,22,26,28H,11-12,15H2,1-2H3/t22-/m0/s1. The van der Waals surface area contributed by atoms with Crippen LogP contribution in [0.25, 0.3) is 11.1 Å². The molecule has 0 aliphatic carbocycles. The minimum absolute atomic E-state index is 0.329. The van der Waals surface area contributed by atoms with Gasteiger partial charge in [-0.3, -0.25) is 0 Å². The molecule has 1 heterocycles. The number of halogens is 1. The van der Waals surface area contributed by atoms with Gasteiger partial charge in [0.05, 0.1) is 18.8 Å². The van der Waals surface area contributed by atoms with Crippen LogP contribution < -0.4 is 5.32 Å². The molecule has 2 aromatic carbocycles. The molecular formula is C24H25ClN2O3. The van der Waals surface area contributed by atoms with Crippen LogP contribution in [0.2, 0.25) is 5.15 Å². The van der Waals surface area contributed by atoms with Gasteiger partial charge in [-0.1, -0.05) is 48.0 Å². The smallest absolute Gasteiger partial charge is 0.337 e. The van der Waals surface area contributed by atoms with Gasteiger partial charge in [0.25, 0.3) is 0 Å². The molecule has 5 nitrogen and oxygen atoms in total. The number of aryl methyl sites for hydroxylation is 1. The number of ether oxygens (including phenoxy) is 1. The highest BCUT2D eigenvalue weighted by atomic mass is 35.5. The number of esters is 1. The number of pyridine rings is 1. The zero-order chi connectivity index (χ0) is 21.5. The maximum atomic E-state index is 11.7. The molecule has 0 fully saturated rings. The summed E-state index contributed by atoms with van der Waals surface area (Å²) >= 11 is 5.77. The topological polar surface area (TPSA) is 71.5 Å². The van der Waals surface area contributed by atoms with E-state index in [0.717, 1.165) is 35.2 Å². The van der Waals surface area contributed by atoms with Crippen molar-refractivity contribution in [3.8, 4) is 11.1 Å². The number of aliphatic hydroxyl groups is 1. The Kier molecular flexibility index (Phi) is 7.57.